The molecule has 30 heavy (non-hydrogen) atoms. The van der Waals surface area contributed by atoms with E-state index < -0.39 is 11.3 Å². The van der Waals surface area contributed by atoms with Crippen LogP contribution in [0.4, 0.5) is 10.6 Å². The largest absolute Gasteiger partial charge is 0.444 e. The average molecular weight is 439 g/mol. The molecule has 0 atom stereocenters. The van der Waals surface area contributed by atoms with Crippen LogP contribution in [0.25, 0.3) is 11.2 Å². The van der Waals surface area contributed by atoms with Crippen LogP contribution in [0.5, 0.6) is 0 Å². The lowest BCUT2D eigenvalue weighted by Gasteiger charge is -2.36. The monoisotopic (exact) mass is 438 g/mol. The second-order valence-electron chi connectivity index (χ2n) is 8.26. The van der Waals surface area contributed by atoms with Crippen LogP contribution in [0.3, 0.4) is 0 Å². The van der Waals surface area contributed by atoms with Crippen LogP contribution in [0.2, 0.25) is 5.28 Å². The number of halogens is 1. The maximum Gasteiger partial charge on any atom is 0.410 e. The molecular formula is C19H27ClN6O4. The third kappa shape index (κ3) is 4.28. The first-order chi connectivity index (χ1) is 14.0. The molecule has 1 amide bonds. The number of aromatic nitrogens is 4. The molecule has 0 radical (unpaired) electrons. The van der Waals surface area contributed by atoms with Crippen molar-refractivity contribution < 1.29 is 14.3 Å². The zero-order valence-corrected chi connectivity index (χ0v) is 18.7. The standard InChI is InChI=1S/C19H27ClN6O4/c1-6-7-12(27)26-13-14(23(5)17(26)28)21-16(20)22-15(13)24-8-10-25(11-9-24)18(29)30-19(2,3)4/h6-11H2,1-5H3. The lowest BCUT2D eigenvalue weighted by Crippen LogP contribution is -2.50. The maximum atomic E-state index is 12.7. The van der Waals surface area contributed by atoms with E-state index in [4.69, 9.17) is 16.3 Å². The van der Waals surface area contributed by atoms with Gasteiger partial charge >= 0.3 is 11.8 Å². The van der Waals surface area contributed by atoms with Gasteiger partial charge < -0.3 is 14.5 Å². The molecule has 2 aromatic rings. The summed E-state index contributed by atoms with van der Waals surface area (Å²) in [5.41, 5.74) is -0.404. The van der Waals surface area contributed by atoms with Crippen LogP contribution >= 0.6 is 11.6 Å². The van der Waals surface area contributed by atoms with Crippen LogP contribution in [0.15, 0.2) is 4.79 Å². The summed E-state index contributed by atoms with van der Waals surface area (Å²) in [5.74, 6) is 0.101. The van der Waals surface area contributed by atoms with Crippen LogP contribution in [0, 0.1) is 0 Å². The Morgan fingerprint density at radius 1 is 1.13 bits per heavy atom. The highest BCUT2D eigenvalue weighted by atomic mass is 35.5. The number of anilines is 1. The van der Waals surface area contributed by atoms with E-state index in [1.807, 2.05) is 32.6 Å². The molecule has 3 rings (SSSR count). The fraction of sp³-hybridized carbons (Fsp3) is 0.632. The number of aryl methyl sites for hydroxylation is 1. The molecule has 164 valence electrons. The molecule has 1 aliphatic rings. The molecule has 0 bridgehead atoms. The van der Waals surface area contributed by atoms with Gasteiger partial charge in [0.25, 0.3) is 0 Å². The van der Waals surface area contributed by atoms with Gasteiger partial charge in [0.05, 0.1) is 0 Å². The van der Waals surface area contributed by atoms with Crippen molar-refractivity contribution in [2.45, 2.75) is 46.1 Å². The van der Waals surface area contributed by atoms with Crippen molar-refractivity contribution in [2.24, 2.45) is 7.05 Å². The minimum Gasteiger partial charge on any atom is -0.444 e. The van der Waals surface area contributed by atoms with Gasteiger partial charge in [0.2, 0.25) is 11.2 Å². The molecule has 0 aromatic carbocycles. The summed E-state index contributed by atoms with van der Waals surface area (Å²) in [4.78, 5) is 49.8. The molecule has 2 aromatic heterocycles. The summed E-state index contributed by atoms with van der Waals surface area (Å²) in [5, 5.41) is -0.0113. The molecule has 1 fully saturated rings. The van der Waals surface area contributed by atoms with Crippen LogP contribution in [-0.2, 0) is 11.8 Å². The minimum absolute atomic E-state index is 0.0113. The van der Waals surface area contributed by atoms with E-state index >= 15 is 0 Å². The molecule has 10 nitrogen and oxygen atoms in total. The predicted octanol–water partition coefficient (Wildman–Crippen LogP) is 2.28. The van der Waals surface area contributed by atoms with E-state index in [0.29, 0.717) is 49.6 Å². The van der Waals surface area contributed by atoms with Crippen LogP contribution < -0.4 is 10.6 Å². The highest BCUT2D eigenvalue weighted by Gasteiger charge is 2.30. The lowest BCUT2D eigenvalue weighted by molar-refractivity contribution is 0.0240. The topological polar surface area (TPSA) is 103 Å². The van der Waals surface area contributed by atoms with Gasteiger partial charge in [-0.15, -0.1) is 0 Å². The Morgan fingerprint density at radius 3 is 2.33 bits per heavy atom. The number of hydrogen-bond acceptors (Lipinski definition) is 7. The van der Waals surface area contributed by atoms with Crippen LogP contribution in [-0.4, -0.2) is 67.8 Å². The molecule has 0 aliphatic carbocycles. The first kappa shape index (κ1) is 22.1. The quantitative estimate of drug-likeness (QED) is 0.677. The van der Waals surface area contributed by atoms with Gasteiger partial charge in [0.1, 0.15) is 11.1 Å². The molecule has 3 heterocycles. The number of amides is 1. The first-order valence-corrected chi connectivity index (χ1v) is 10.3. The molecule has 1 aliphatic heterocycles. The molecule has 0 unspecified atom stereocenters. The summed E-state index contributed by atoms with van der Waals surface area (Å²) in [6.07, 6.45) is 0.468. The van der Waals surface area contributed by atoms with Crippen molar-refractivity contribution in [1.82, 2.24) is 24.0 Å². The Morgan fingerprint density at radius 2 is 1.77 bits per heavy atom. The maximum absolute atomic E-state index is 12.7. The number of piperazine rings is 1. The number of carbonyl (C=O) groups is 2. The van der Waals surface area contributed by atoms with E-state index in [1.54, 1.807) is 11.9 Å². The minimum atomic E-state index is -0.569. The normalized spacial score (nSPS) is 15.0. The fourth-order valence-corrected chi connectivity index (χ4v) is 3.54. The Hall–Kier alpha value is -2.62. The number of rotatable bonds is 3. The summed E-state index contributed by atoms with van der Waals surface area (Å²) in [7, 11) is 1.55. The van der Waals surface area contributed by atoms with Gasteiger partial charge in [0.15, 0.2) is 11.5 Å². The third-order valence-electron chi connectivity index (χ3n) is 4.78. The molecule has 1 saturated heterocycles. The van der Waals surface area contributed by atoms with E-state index in [-0.39, 0.29) is 23.7 Å². The average Bonchev–Trinajstić information content (AvgIpc) is 2.91. The van der Waals surface area contributed by atoms with Crippen molar-refractivity contribution in [2.75, 3.05) is 31.1 Å². The highest BCUT2D eigenvalue weighted by molar-refractivity contribution is 6.28. The van der Waals surface area contributed by atoms with Crippen molar-refractivity contribution in [3.63, 3.8) is 0 Å². The zero-order valence-electron chi connectivity index (χ0n) is 17.9. The molecular weight excluding hydrogens is 412 g/mol. The molecule has 0 N–H and O–H groups in total. The number of carbonyl (C=O) groups excluding carboxylic acids is 2. The van der Waals surface area contributed by atoms with Gasteiger partial charge in [0, 0.05) is 39.6 Å². The van der Waals surface area contributed by atoms with E-state index in [0.717, 1.165) is 4.57 Å². The summed E-state index contributed by atoms with van der Waals surface area (Å²) >= 11 is 6.13. The lowest BCUT2D eigenvalue weighted by atomic mass is 10.2. The molecule has 0 spiro atoms. The van der Waals surface area contributed by atoms with Gasteiger partial charge in [-0.3, -0.25) is 9.36 Å². The van der Waals surface area contributed by atoms with E-state index in [9.17, 15) is 14.4 Å². The number of hydrogen-bond donors (Lipinski definition) is 0. The second kappa shape index (κ2) is 8.25. The Kier molecular flexibility index (Phi) is 6.07. The van der Waals surface area contributed by atoms with Crippen molar-refractivity contribution >= 4 is 40.6 Å². The van der Waals surface area contributed by atoms with Gasteiger partial charge in [-0.1, -0.05) is 6.92 Å². The Balaban J connectivity index is 1.95. The SMILES string of the molecule is CCCC(=O)n1c(=O)n(C)c2nc(Cl)nc(N3CCN(C(=O)OC(C)(C)C)CC3)c21. The van der Waals surface area contributed by atoms with Gasteiger partial charge in [-0.25, -0.2) is 14.2 Å². The Bertz CT molecular complexity index is 1030. The van der Waals surface area contributed by atoms with Crippen LogP contribution in [0.1, 0.15) is 45.3 Å². The van der Waals surface area contributed by atoms with Crippen molar-refractivity contribution in [3.05, 3.63) is 15.8 Å². The van der Waals surface area contributed by atoms with Crippen molar-refractivity contribution in [3.8, 4) is 0 Å². The third-order valence-corrected chi connectivity index (χ3v) is 4.95. The second-order valence-corrected chi connectivity index (χ2v) is 8.60. The summed E-state index contributed by atoms with van der Waals surface area (Å²) in [6, 6.07) is 0. The smallest absolute Gasteiger partial charge is 0.410 e. The number of imidazole rings is 1. The number of fused-ring (bicyclic) bond motifs is 1. The first-order valence-electron chi connectivity index (χ1n) is 9.94. The molecule has 0 saturated carbocycles. The summed E-state index contributed by atoms with van der Waals surface area (Å²) in [6.45, 7) is 9.07. The fourth-order valence-electron chi connectivity index (χ4n) is 3.38. The Labute approximate surface area is 179 Å². The number of ether oxygens (including phenoxy) is 1. The van der Waals surface area contributed by atoms with Gasteiger partial charge in [-0.05, 0) is 38.8 Å². The predicted molar refractivity (Wildman–Crippen MR) is 113 cm³/mol. The highest BCUT2D eigenvalue weighted by Crippen LogP contribution is 2.26. The summed E-state index contributed by atoms with van der Waals surface area (Å²) < 4.78 is 7.86. The molecule has 11 heteroatoms. The van der Waals surface area contributed by atoms with Gasteiger partial charge in [-0.2, -0.15) is 9.97 Å². The van der Waals surface area contributed by atoms with E-state index in [1.165, 1.54) is 4.57 Å². The van der Waals surface area contributed by atoms with Crippen molar-refractivity contribution in [1.29, 1.82) is 0 Å². The van der Waals surface area contributed by atoms with E-state index in [2.05, 4.69) is 9.97 Å². The zero-order chi connectivity index (χ0) is 22.2. The number of nitrogens with zero attached hydrogens (tertiary/aromatic N) is 6.